The molecule has 0 saturated carbocycles. The van der Waals surface area contributed by atoms with Crippen LogP contribution >= 0.6 is 22.7 Å². The summed E-state index contributed by atoms with van der Waals surface area (Å²) < 4.78 is 27.8. The summed E-state index contributed by atoms with van der Waals surface area (Å²) in [5.74, 6) is -1.97. The number of benzene rings is 2. The van der Waals surface area contributed by atoms with E-state index in [1.165, 1.54) is 28.7 Å². The van der Waals surface area contributed by atoms with E-state index in [4.69, 9.17) is 0 Å². The minimum atomic E-state index is -0.768. The van der Waals surface area contributed by atoms with Gasteiger partial charge in [0.25, 0.3) is 0 Å². The number of carbonyl (C=O) groups is 1. The molecule has 0 fully saturated rings. The Hall–Kier alpha value is -3.17. The molecule has 2 heterocycles. The number of anilines is 1. The number of hydrogen-bond acceptors (Lipinski definition) is 6. The first-order valence-corrected chi connectivity index (χ1v) is 10.9. The van der Waals surface area contributed by atoms with Gasteiger partial charge in [0, 0.05) is 5.56 Å². The second-order valence-corrected chi connectivity index (χ2v) is 9.02. The van der Waals surface area contributed by atoms with E-state index in [-0.39, 0.29) is 11.3 Å². The molecule has 2 aromatic carbocycles. The van der Waals surface area contributed by atoms with Crippen LogP contribution in [0, 0.1) is 25.5 Å². The lowest BCUT2D eigenvalue weighted by Gasteiger charge is -2.04. The Balaban J connectivity index is 1.69. The Labute approximate surface area is 185 Å². The standard InChI is InChI=1S/C22H17F2N3O2S2/c1-11-20(30-12(2)25-11)19-21(13-6-8-14(28)9-7-13)31-22(27-19)26-18(29)10-15-16(23)4-3-5-17(15)24/h3-9,28H,10H2,1-2H3,(H,26,27,29). The first kappa shape index (κ1) is 21.1. The molecule has 0 saturated heterocycles. The second-order valence-electron chi connectivity index (χ2n) is 6.82. The summed E-state index contributed by atoms with van der Waals surface area (Å²) in [6.45, 7) is 3.79. The predicted octanol–water partition coefficient (Wildman–Crippen LogP) is 5.72. The van der Waals surface area contributed by atoms with Crippen LogP contribution in [0.25, 0.3) is 21.0 Å². The van der Waals surface area contributed by atoms with E-state index < -0.39 is 24.0 Å². The topological polar surface area (TPSA) is 75.1 Å². The van der Waals surface area contributed by atoms with Gasteiger partial charge in [-0.3, -0.25) is 4.79 Å². The van der Waals surface area contributed by atoms with Crippen LogP contribution in [0.15, 0.2) is 42.5 Å². The highest BCUT2D eigenvalue weighted by molar-refractivity contribution is 7.20. The van der Waals surface area contributed by atoms with Gasteiger partial charge in [-0.15, -0.1) is 11.3 Å². The smallest absolute Gasteiger partial charge is 0.230 e. The third-order valence-corrected chi connectivity index (χ3v) is 6.62. The number of aryl methyl sites for hydroxylation is 2. The molecule has 158 valence electrons. The molecule has 0 aliphatic heterocycles. The molecule has 9 heteroatoms. The lowest BCUT2D eigenvalue weighted by Crippen LogP contribution is -2.16. The number of phenols is 1. The Morgan fingerprint density at radius 2 is 1.68 bits per heavy atom. The number of rotatable bonds is 5. The quantitative estimate of drug-likeness (QED) is 0.402. The van der Waals surface area contributed by atoms with Crippen molar-refractivity contribution in [2.75, 3.05) is 5.32 Å². The summed E-state index contributed by atoms with van der Waals surface area (Å²) in [5, 5.41) is 13.5. The Kier molecular flexibility index (Phi) is 5.79. The van der Waals surface area contributed by atoms with Crippen LogP contribution in [-0.4, -0.2) is 21.0 Å². The molecule has 0 atom stereocenters. The Morgan fingerprint density at radius 3 is 2.29 bits per heavy atom. The number of hydrogen-bond donors (Lipinski definition) is 2. The molecule has 4 rings (SSSR count). The molecule has 0 aliphatic carbocycles. The summed E-state index contributed by atoms with van der Waals surface area (Å²) in [7, 11) is 0. The van der Waals surface area contributed by atoms with Gasteiger partial charge in [0.05, 0.1) is 26.9 Å². The lowest BCUT2D eigenvalue weighted by molar-refractivity contribution is -0.115. The van der Waals surface area contributed by atoms with Gasteiger partial charge in [0.15, 0.2) is 5.13 Å². The van der Waals surface area contributed by atoms with Crippen molar-refractivity contribution in [1.82, 2.24) is 9.97 Å². The summed E-state index contributed by atoms with van der Waals surface area (Å²) in [5.41, 5.74) is 2.01. The van der Waals surface area contributed by atoms with Crippen molar-refractivity contribution < 1.29 is 18.7 Å². The molecule has 4 aromatic rings. The summed E-state index contributed by atoms with van der Waals surface area (Å²) >= 11 is 2.74. The maximum absolute atomic E-state index is 13.9. The van der Waals surface area contributed by atoms with Gasteiger partial charge in [-0.2, -0.15) is 0 Å². The van der Waals surface area contributed by atoms with E-state index in [0.717, 1.165) is 38.2 Å². The van der Waals surface area contributed by atoms with Crippen LogP contribution in [0.4, 0.5) is 13.9 Å². The molecule has 2 N–H and O–H groups in total. The van der Waals surface area contributed by atoms with E-state index >= 15 is 0 Å². The molecule has 31 heavy (non-hydrogen) atoms. The number of aromatic nitrogens is 2. The van der Waals surface area contributed by atoms with Gasteiger partial charge in [0.2, 0.25) is 5.91 Å². The number of carbonyl (C=O) groups excluding carboxylic acids is 1. The zero-order valence-electron chi connectivity index (χ0n) is 16.6. The SMILES string of the molecule is Cc1nc(C)c(-c2nc(NC(=O)Cc3c(F)cccc3F)sc2-c2ccc(O)cc2)s1. The maximum Gasteiger partial charge on any atom is 0.230 e. The van der Waals surface area contributed by atoms with Gasteiger partial charge in [-0.25, -0.2) is 18.7 Å². The largest absolute Gasteiger partial charge is 0.508 e. The van der Waals surface area contributed by atoms with Gasteiger partial charge < -0.3 is 10.4 Å². The average Bonchev–Trinajstić information content (AvgIpc) is 3.27. The molecular formula is C22H17F2N3O2S2. The van der Waals surface area contributed by atoms with E-state index in [1.807, 2.05) is 13.8 Å². The van der Waals surface area contributed by atoms with Crippen molar-refractivity contribution in [3.8, 4) is 26.8 Å². The Bertz CT molecular complexity index is 1250. The first-order chi connectivity index (χ1) is 14.8. The molecular weight excluding hydrogens is 440 g/mol. The van der Waals surface area contributed by atoms with Gasteiger partial charge in [-0.1, -0.05) is 17.4 Å². The average molecular weight is 458 g/mol. The highest BCUT2D eigenvalue weighted by Gasteiger charge is 2.21. The maximum atomic E-state index is 13.9. The normalized spacial score (nSPS) is 11.0. The zero-order valence-corrected chi connectivity index (χ0v) is 18.2. The number of nitrogens with zero attached hydrogens (tertiary/aromatic N) is 2. The van der Waals surface area contributed by atoms with Crippen molar-refractivity contribution in [2.24, 2.45) is 0 Å². The minimum Gasteiger partial charge on any atom is -0.508 e. The summed E-state index contributed by atoms with van der Waals surface area (Å²) in [6.07, 6.45) is -0.444. The number of nitrogens with one attached hydrogen (secondary N) is 1. The van der Waals surface area contributed by atoms with Crippen molar-refractivity contribution in [3.63, 3.8) is 0 Å². The van der Waals surface area contributed by atoms with Crippen LogP contribution in [0.3, 0.4) is 0 Å². The monoisotopic (exact) mass is 457 g/mol. The fourth-order valence-corrected chi connectivity index (χ4v) is 5.09. The van der Waals surface area contributed by atoms with Gasteiger partial charge >= 0.3 is 0 Å². The van der Waals surface area contributed by atoms with Crippen molar-refractivity contribution in [1.29, 1.82) is 0 Å². The molecule has 1 amide bonds. The van der Waals surface area contributed by atoms with Crippen LogP contribution < -0.4 is 5.32 Å². The number of halogens is 2. The van der Waals surface area contributed by atoms with Crippen LogP contribution in [0.1, 0.15) is 16.3 Å². The van der Waals surface area contributed by atoms with E-state index in [9.17, 15) is 18.7 Å². The zero-order chi connectivity index (χ0) is 22.1. The van der Waals surface area contributed by atoms with E-state index in [0.29, 0.717) is 10.8 Å². The summed E-state index contributed by atoms with van der Waals surface area (Å²) in [6, 6.07) is 10.1. The third-order valence-electron chi connectivity index (χ3n) is 4.52. The molecule has 0 radical (unpaired) electrons. The van der Waals surface area contributed by atoms with Gasteiger partial charge in [-0.05, 0) is 55.8 Å². The molecule has 0 bridgehead atoms. The van der Waals surface area contributed by atoms with Gasteiger partial charge in [0.1, 0.15) is 23.1 Å². The van der Waals surface area contributed by atoms with Crippen LogP contribution in [-0.2, 0) is 11.2 Å². The number of aromatic hydroxyl groups is 1. The van der Waals surface area contributed by atoms with Crippen molar-refractivity contribution in [2.45, 2.75) is 20.3 Å². The fourth-order valence-electron chi connectivity index (χ4n) is 3.11. The number of thiazole rings is 2. The molecule has 0 spiro atoms. The van der Waals surface area contributed by atoms with Crippen molar-refractivity contribution >= 4 is 33.7 Å². The van der Waals surface area contributed by atoms with E-state index in [1.54, 1.807) is 24.3 Å². The molecule has 0 unspecified atom stereocenters. The lowest BCUT2D eigenvalue weighted by atomic mass is 10.1. The van der Waals surface area contributed by atoms with Crippen LogP contribution in [0.5, 0.6) is 5.75 Å². The van der Waals surface area contributed by atoms with E-state index in [2.05, 4.69) is 15.3 Å². The highest BCUT2D eigenvalue weighted by Crippen LogP contribution is 2.42. The molecule has 0 aliphatic rings. The fraction of sp³-hybridized carbons (Fsp3) is 0.136. The third kappa shape index (κ3) is 4.47. The molecule has 5 nitrogen and oxygen atoms in total. The Morgan fingerprint density at radius 1 is 1.00 bits per heavy atom. The number of phenolic OH excluding ortho intramolecular Hbond substituents is 1. The summed E-state index contributed by atoms with van der Waals surface area (Å²) in [4.78, 5) is 23.2. The number of amides is 1. The minimum absolute atomic E-state index is 0.139. The first-order valence-electron chi connectivity index (χ1n) is 9.29. The second kappa shape index (κ2) is 8.52. The van der Waals surface area contributed by atoms with Crippen LogP contribution in [0.2, 0.25) is 0 Å². The highest BCUT2D eigenvalue weighted by atomic mass is 32.1. The molecule has 2 aromatic heterocycles. The van der Waals surface area contributed by atoms with Crippen molar-refractivity contribution in [3.05, 3.63) is 70.4 Å². The predicted molar refractivity (Wildman–Crippen MR) is 118 cm³/mol.